The first-order chi connectivity index (χ1) is 6.25. The normalized spacial score (nSPS) is 37.6. The van der Waals surface area contributed by atoms with Crippen molar-refractivity contribution < 1.29 is 0 Å². The van der Waals surface area contributed by atoms with Crippen LogP contribution in [0.25, 0.3) is 0 Å². The number of rotatable bonds is 4. The molecule has 1 nitrogen and oxygen atoms in total. The molecule has 0 amide bonds. The summed E-state index contributed by atoms with van der Waals surface area (Å²) >= 11 is 0. The minimum absolute atomic E-state index is 0.853. The van der Waals surface area contributed by atoms with Crippen LogP contribution in [0.15, 0.2) is 0 Å². The highest BCUT2D eigenvalue weighted by atomic mass is 14.9. The minimum atomic E-state index is 0.853. The molecular weight excluding hydrogens is 158 g/mol. The summed E-state index contributed by atoms with van der Waals surface area (Å²) in [7, 11) is 0. The molecule has 2 fully saturated rings. The average molecular weight is 181 g/mol. The van der Waals surface area contributed by atoms with E-state index in [2.05, 4.69) is 19.2 Å². The Balaban J connectivity index is 1.66. The van der Waals surface area contributed by atoms with Crippen LogP contribution in [0.5, 0.6) is 0 Å². The number of hydrogen-bond donors (Lipinski definition) is 1. The number of fused-ring (bicyclic) bond motifs is 2. The summed E-state index contributed by atoms with van der Waals surface area (Å²) in [6.45, 7) is 5.86. The highest BCUT2D eigenvalue weighted by Gasteiger charge is 2.38. The molecule has 0 aromatic carbocycles. The van der Waals surface area contributed by atoms with Crippen molar-refractivity contribution in [3.63, 3.8) is 0 Å². The molecule has 1 heteroatoms. The van der Waals surface area contributed by atoms with Gasteiger partial charge in [0.25, 0.3) is 0 Å². The fourth-order valence-electron chi connectivity index (χ4n) is 3.05. The molecule has 3 atom stereocenters. The summed E-state index contributed by atoms with van der Waals surface area (Å²) in [6, 6.07) is 0.887. The molecule has 2 aliphatic rings. The highest BCUT2D eigenvalue weighted by Crippen LogP contribution is 2.44. The second-order valence-corrected chi connectivity index (χ2v) is 5.42. The van der Waals surface area contributed by atoms with Crippen LogP contribution in [0, 0.1) is 17.8 Å². The number of nitrogens with one attached hydrogen (secondary N) is 1. The number of hydrogen-bond acceptors (Lipinski definition) is 1. The van der Waals surface area contributed by atoms with E-state index in [4.69, 9.17) is 0 Å². The lowest BCUT2D eigenvalue weighted by molar-refractivity contribution is 0.344. The monoisotopic (exact) mass is 181 g/mol. The van der Waals surface area contributed by atoms with Gasteiger partial charge in [0.2, 0.25) is 0 Å². The standard InChI is InChI=1S/C12H23N/c1-9(2)5-6-13-12-8-10-3-4-11(12)7-10/h9-13H,3-8H2,1-2H3. The maximum Gasteiger partial charge on any atom is 0.00980 e. The predicted molar refractivity (Wildman–Crippen MR) is 56.7 cm³/mol. The third-order valence-corrected chi connectivity index (χ3v) is 3.87. The topological polar surface area (TPSA) is 12.0 Å². The van der Waals surface area contributed by atoms with Crippen molar-refractivity contribution in [2.45, 2.75) is 52.0 Å². The van der Waals surface area contributed by atoms with Crippen LogP contribution < -0.4 is 5.32 Å². The third-order valence-electron chi connectivity index (χ3n) is 3.87. The first-order valence-corrected chi connectivity index (χ1v) is 5.99. The fraction of sp³-hybridized carbons (Fsp3) is 1.00. The van der Waals surface area contributed by atoms with E-state index in [0.29, 0.717) is 0 Å². The molecule has 3 unspecified atom stereocenters. The maximum absolute atomic E-state index is 3.74. The maximum atomic E-state index is 3.74. The Hall–Kier alpha value is -0.0400. The van der Waals surface area contributed by atoms with Gasteiger partial charge in [-0.05, 0) is 50.0 Å². The lowest BCUT2D eigenvalue weighted by atomic mass is 9.95. The van der Waals surface area contributed by atoms with Gasteiger partial charge in [0.05, 0.1) is 0 Å². The van der Waals surface area contributed by atoms with Crippen molar-refractivity contribution in [1.29, 1.82) is 0 Å². The molecule has 0 saturated heterocycles. The molecule has 2 bridgehead atoms. The lowest BCUT2D eigenvalue weighted by Crippen LogP contribution is -2.34. The zero-order valence-corrected chi connectivity index (χ0v) is 9.05. The molecule has 76 valence electrons. The van der Waals surface area contributed by atoms with Gasteiger partial charge in [-0.1, -0.05) is 20.3 Å². The third kappa shape index (κ3) is 2.25. The molecule has 1 N–H and O–H groups in total. The van der Waals surface area contributed by atoms with Gasteiger partial charge in [-0.3, -0.25) is 0 Å². The molecule has 0 spiro atoms. The van der Waals surface area contributed by atoms with Gasteiger partial charge in [0.15, 0.2) is 0 Å². The quantitative estimate of drug-likeness (QED) is 0.703. The van der Waals surface area contributed by atoms with Crippen LogP contribution in [0.2, 0.25) is 0 Å². The summed E-state index contributed by atoms with van der Waals surface area (Å²) in [5.41, 5.74) is 0. The van der Waals surface area contributed by atoms with Gasteiger partial charge in [-0.2, -0.15) is 0 Å². The lowest BCUT2D eigenvalue weighted by Gasteiger charge is -2.23. The van der Waals surface area contributed by atoms with Gasteiger partial charge >= 0.3 is 0 Å². The van der Waals surface area contributed by atoms with E-state index in [1.165, 1.54) is 38.6 Å². The van der Waals surface area contributed by atoms with Crippen LogP contribution >= 0.6 is 0 Å². The smallest absolute Gasteiger partial charge is 0.00980 e. The Bertz CT molecular complexity index is 165. The summed E-state index contributed by atoms with van der Waals surface area (Å²) < 4.78 is 0. The van der Waals surface area contributed by atoms with E-state index in [1.807, 2.05) is 0 Å². The zero-order chi connectivity index (χ0) is 9.26. The summed E-state index contributed by atoms with van der Waals surface area (Å²) in [4.78, 5) is 0. The molecule has 0 radical (unpaired) electrons. The van der Waals surface area contributed by atoms with Crippen LogP contribution in [0.3, 0.4) is 0 Å². The minimum Gasteiger partial charge on any atom is -0.314 e. The molecule has 0 aliphatic heterocycles. The van der Waals surface area contributed by atoms with E-state index in [-0.39, 0.29) is 0 Å². The van der Waals surface area contributed by atoms with E-state index in [1.54, 1.807) is 0 Å². The van der Waals surface area contributed by atoms with E-state index >= 15 is 0 Å². The second kappa shape index (κ2) is 4.00. The van der Waals surface area contributed by atoms with Gasteiger partial charge in [0.1, 0.15) is 0 Å². The molecule has 2 aliphatic carbocycles. The summed E-state index contributed by atoms with van der Waals surface area (Å²) in [5, 5.41) is 3.74. The Labute approximate surface area is 82.3 Å². The fourth-order valence-corrected chi connectivity index (χ4v) is 3.05. The Morgan fingerprint density at radius 3 is 2.62 bits per heavy atom. The SMILES string of the molecule is CC(C)CCNC1CC2CCC1C2. The molecule has 0 aromatic rings. The Kier molecular flexibility index (Phi) is 2.92. The van der Waals surface area contributed by atoms with Crippen molar-refractivity contribution >= 4 is 0 Å². The van der Waals surface area contributed by atoms with E-state index < -0.39 is 0 Å². The van der Waals surface area contributed by atoms with Gasteiger partial charge in [0, 0.05) is 6.04 Å². The molecule has 2 saturated carbocycles. The second-order valence-electron chi connectivity index (χ2n) is 5.42. The van der Waals surface area contributed by atoms with Crippen molar-refractivity contribution in [3.8, 4) is 0 Å². The van der Waals surface area contributed by atoms with Gasteiger partial charge in [-0.25, -0.2) is 0 Å². The van der Waals surface area contributed by atoms with Crippen LogP contribution in [-0.2, 0) is 0 Å². The van der Waals surface area contributed by atoms with E-state index in [9.17, 15) is 0 Å². The molecular formula is C12H23N. The molecule has 0 aromatic heterocycles. The first-order valence-electron chi connectivity index (χ1n) is 5.99. The molecule has 0 heterocycles. The van der Waals surface area contributed by atoms with Crippen molar-refractivity contribution in [3.05, 3.63) is 0 Å². The molecule has 2 rings (SSSR count). The van der Waals surface area contributed by atoms with Crippen LogP contribution in [0.4, 0.5) is 0 Å². The molecule has 13 heavy (non-hydrogen) atoms. The first kappa shape index (κ1) is 9.51. The van der Waals surface area contributed by atoms with E-state index in [0.717, 1.165) is 23.8 Å². The largest absolute Gasteiger partial charge is 0.314 e. The van der Waals surface area contributed by atoms with Crippen molar-refractivity contribution in [1.82, 2.24) is 5.32 Å². The van der Waals surface area contributed by atoms with Crippen molar-refractivity contribution in [2.24, 2.45) is 17.8 Å². The van der Waals surface area contributed by atoms with Crippen molar-refractivity contribution in [2.75, 3.05) is 6.54 Å². The Morgan fingerprint density at radius 2 is 2.08 bits per heavy atom. The zero-order valence-electron chi connectivity index (χ0n) is 9.05. The summed E-state index contributed by atoms with van der Waals surface area (Å²) in [5.74, 6) is 2.98. The van der Waals surface area contributed by atoms with Gasteiger partial charge in [-0.15, -0.1) is 0 Å². The average Bonchev–Trinajstić information content (AvgIpc) is 2.64. The van der Waals surface area contributed by atoms with Gasteiger partial charge < -0.3 is 5.32 Å². The highest BCUT2D eigenvalue weighted by molar-refractivity contribution is 4.93. The summed E-state index contributed by atoms with van der Waals surface area (Å²) in [6.07, 6.45) is 7.37. The van der Waals surface area contributed by atoms with Crippen LogP contribution in [0.1, 0.15) is 46.0 Å². The van der Waals surface area contributed by atoms with Crippen LogP contribution in [-0.4, -0.2) is 12.6 Å². The Morgan fingerprint density at radius 1 is 1.23 bits per heavy atom. The predicted octanol–water partition coefficient (Wildman–Crippen LogP) is 2.81.